The Morgan fingerprint density at radius 1 is 0.525 bits per heavy atom. The van der Waals surface area contributed by atoms with Crippen molar-refractivity contribution in [3.05, 3.63) is 0 Å². The molecule has 61 heavy (non-hydrogen) atoms. The highest BCUT2D eigenvalue weighted by Crippen LogP contribution is 2.12. The smallest absolute Gasteiger partial charge is 0.326 e. The van der Waals surface area contributed by atoms with Gasteiger partial charge in [-0.05, 0) is 52.0 Å². The van der Waals surface area contributed by atoms with Gasteiger partial charge >= 0.3 is 17.9 Å². The van der Waals surface area contributed by atoms with Crippen molar-refractivity contribution in [3.8, 4) is 0 Å². The van der Waals surface area contributed by atoms with Gasteiger partial charge in [0.05, 0.1) is 31.8 Å². The Hall–Kier alpha value is -5.54. The predicted molar refractivity (Wildman–Crippen MR) is 208 cm³/mol. The lowest BCUT2D eigenvalue weighted by Gasteiger charge is -2.30. The zero-order valence-corrected chi connectivity index (χ0v) is 34.3. The normalized spacial score (nSPS) is 16.5. The highest BCUT2D eigenvalue weighted by atomic mass is 16.4. The average Bonchev–Trinajstić information content (AvgIpc) is 3.18. The lowest BCUT2D eigenvalue weighted by atomic mass is 9.96. The number of aliphatic carboxylic acids is 3. The molecule has 0 spiro atoms. The Bertz CT molecular complexity index is 1530. The van der Waals surface area contributed by atoms with Gasteiger partial charge in [-0.1, -0.05) is 20.3 Å². The van der Waals surface area contributed by atoms with Crippen LogP contribution in [0.2, 0.25) is 0 Å². The summed E-state index contributed by atoms with van der Waals surface area (Å²) < 4.78 is 0. The average molecular weight is 880 g/mol. The maximum atomic E-state index is 13.7. The van der Waals surface area contributed by atoms with Crippen molar-refractivity contribution in [1.82, 2.24) is 37.2 Å². The van der Waals surface area contributed by atoms with E-state index in [-0.39, 0.29) is 25.8 Å². The first-order valence-corrected chi connectivity index (χ1v) is 19.3. The standard InChI is InChI=1S/C35H61N9O17/c1-5-15(2)25(42-30(55)20(9-10-23(49)50)38-31(56)22(14-46)41-28(53)18(37)13-45)32(57)43-27(17(4)48)34(59)44-26(16(3)47)33(58)39-19(8-6-7-11-36)29(54)40-21(35(60)61)12-24(51)52/h15-22,25-27,45-48H,5-14,36-37H2,1-4H3,(H,38,56)(H,39,58)(H,40,54)(H,41,53)(H,42,55)(H,43,57)(H,44,59)(H,49,50)(H,51,52)(H,60,61)/t15-,16+,17+,18-,19-,20-,21-,22-,25-,26-,27-/m0/s1. The maximum Gasteiger partial charge on any atom is 0.326 e. The first kappa shape index (κ1) is 55.5. The second-order valence-electron chi connectivity index (χ2n) is 14.2. The Morgan fingerprint density at radius 3 is 1.39 bits per heavy atom. The van der Waals surface area contributed by atoms with E-state index in [1.165, 1.54) is 6.92 Å². The minimum absolute atomic E-state index is 0.136. The molecule has 26 heteroatoms. The number of nitrogens with one attached hydrogen (secondary N) is 7. The van der Waals surface area contributed by atoms with E-state index in [4.69, 9.17) is 21.7 Å². The fourth-order valence-electron chi connectivity index (χ4n) is 5.29. The first-order valence-electron chi connectivity index (χ1n) is 19.3. The van der Waals surface area contributed by atoms with E-state index in [2.05, 4.69) is 31.9 Å². The number of amides is 7. The van der Waals surface area contributed by atoms with Gasteiger partial charge in [-0.2, -0.15) is 0 Å². The van der Waals surface area contributed by atoms with E-state index in [1.807, 2.05) is 5.32 Å². The van der Waals surface area contributed by atoms with Crippen LogP contribution in [0.4, 0.5) is 0 Å². The summed E-state index contributed by atoms with van der Waals surface area (Å²) >= 11 is 0. The predicted octanol–water partition coefficient (Wildman–Crippen LogP) is -6.95. The number of nitrogens with two attached hydrogens (primary N) is 2. The van der Waals surface area contributed by atoms with E-state index in [9.17, 15) is 73.5 Å². The van der Waals surface area contributed by atoms with Crippen LogP contribution in [0.3, 0.4) is 0 Å². The zero-order chi connectivity index (χ0) is 47.1. The Morgan fingerprint density at radius 2 is 0.951 bits per heavy atom. The topological polar surface area (TPSA) is 449 Å². The number of carboxylic acids is 3. The summed E-state index contributed by atoms with van der Waals surface area (Å²) in [5, 5.41) is 82.8. The van der Waals surface area contributed by atoms with Crippen LogP contribution in [0.1, 0.15) is 72.6 Å². The van der Waals surface area contributed by atoms with Crippen LogP contribution in [0.15, 0.2) is 0 Å². The van der Waals surface area contributed by atoms with E-state index < -0.39 is 158 Å². The van der Waals surface area contributed by atoms with Gasteiger partial charge in [0.2, 0.25) is 41.4 Å². The third kappa shape index (κ3) is 20.0. The number of carboxylic acid groups (broad SMARTS) is 3. The molecule has 348 valence electrons. The third-order valence-electron chi connectivity index (χ3n) is 9.12. The molecular formula is C35H61N9O17. The molecule has 0 saturated heterocycles. The molecule has 0 aliphatic heterocycles. The molecule has 7 amide bonds. The summed E-state index contributed by atoms with van der Waals surface area (Å²) in [6, 6.07) is -13.5. The minimum Gasteiger partial charge on any atom is -0.481 e. The maximum absolute atomic E-state index is 13.7. The Labute approximate surface area is 350 Å². The monoisotopic (exact) mass is 879 g/mol. The molecular weight excluding hydrogens is 818 g/mol. The number of aliphatic hydroxyl groups excluding tert-OH is 4. The molecule has 0 aliphatic rings. The van der Waals surface area contributed by atoms with Gasteiger partial charge in [0, 0.05) is 6.42 Å². The van der Waals surface area contributed by atoms with Crippen LogP contribution < -0.4 is 48.7 Å². The van der Waals surface area contributed by atoms with Crippen molar-refractivity contribution in [1.29, 1.82) is 0 Å². The molecule has 0 fully saturated rings. The zero-order valence-electron chi connectivity index (χ0n) is 34.3. The largest absolute Gasteiger partial charge is 0.481 e. The lowest BCUT2D eigenvalue weighted by molar-refractivity contribution is -0.147. The molecule has 26 nitrogen and oxygen atoms in total. The van der Waals surface area contributed by atoms with Crippen molar-refractivity contribution >= 4 is 59.3 Å². The van der Waals surface area contributed by atoms with Gasteiger partial charge in [0.1, 0.15) is 48.3 Å². The highest BCUT2D eigenvalue weighted by molar-refractivity contribution is 5.98. The second-order valence-corrected chi connectivity index (χ2v) is 14.2. The Kier molecular flexibility index (Phi) is 25.5. The van der Waals surface area contributed by atoms with Gasteiger partial charge in [-0.15, -0.1) is 0 Å². The van der Waals surface area contributed by atoms with Crippen LogP contribution in [0.25, 0.3) is 0 Å². The molecule has 0 unspecified atom stereocenters. The number of aliphatic hydroxyl groups is 4. The number of rotatable bonds is 30. The molecule has 11 atom stereocenters. The first-order chi connectivity index (χ1) is 28.4. The van der Waals surface area contributed by atoms with Crippen LogP contribution in [0.5, 0.6) is 0 Å². The number of carbonyl (C=O) groups is 10. The summed E-state index contributed by atoms with van der Waals surface area (Å²) in [6.45, 7) is 3.64. The molecule has 0 aromatic rings. The number of carbonyl (C=O) groups excluding carboxylic acids is 7. The van der Waals surface area contributed by atoms with Crippen LogP contribution >= 0.6 is 0 Å². The quantitative estimate of drug-likeness (QED) is 0.0298. The number of hydrogen-bond donors (Lipinski definition) is 16. The van der Waals surface area contributed by atoms with E-state index in [0.29, 0.717) is 6.42 Å². The summed E-state index contributed by atoms with van der Waals surface area (Å²) in [4.78, 5) is 126. The summed E-state index contributed by atoms with van der Waals surface area (Å²) in [5.74, 6) is -13.3. The van der Waals surface area contributed by atoms with Gasteiger partial charge < -0.3 is 84.4 Å². The minimum atomic E-state index is -1.89. The third-order valence-corrected chi connectivity index (χ3v) is 9.12. The molecule has 0 aliphatic carbocycles. The van der Waals surface area contributed by atoms with E-state index in [1.54, 1.807) is 6.92 Å². The second kappa shape index (κ2) is 28.1. The number of hydrogen-bond acceptors (Lipinski definition) is 16. The number of unbranched alkanes of at least 4 members (excludes halogenated alkanes) is 1. The molecule has 0 rings (SSSR count). The molecule has 0 bridgehead atoms. The lowest BCUT2D eigenvalue weighted by Crippen LogP contribution is -2.64. The van der Waals surface area contributed by atoms with Gasteiger partial charge in [0.15, 0.2) is 0 Å². The van der Waals surface area contributed by atoms with Gasteiger partial charge in [-0.25, -0.2) is 4.79 Å². The fraction of sp³-hybridized carbons (Fsp3) is 0.714. The highest BCUT2D eigenvalue weighted by Gasteiger charge is 2.38. The van der Waals surface area contributed by atoms with Crippen molar-refractivity contribution < 1.29 is 83.7 Å². The summed E-state index contributed by atoms with van der Waals surface area (Å²) in [6.07, 6.45) is -5.00. The molecule has 0 heterocycles. The van der Waals surface area contributed by atoms with E-state index >= 15 is 0 Å². The van der Waals surface area contributed by atoms with Crippen LogP contribution in [-0.2, 0) is 47.9 Å². The van der Waals surface area contributed by atoms with Crippen molar-refractivity contribution in [2.45, 2.75) is 133 Å². The summed E-state index contributed by atoms with van der Waals surface area (Å²) in [5.41, 5.74) is 10.9. The van der Waals surface area contributed by atoms with Gasteiger partial charge in [-0.3, -0.25) is 43.2 Å². The fourth-order valence-corrected chi connectivity index (χ4v) is 5.29. The summed E-state index contributed by atoms with van der Waals surface area (Å²) in [7, 11) is 0. The van der Waals surface area contributed by atoms with Crippen LogP contribution in [0, 0.1) is 5.92 Å². The molecule has 0 aromatic heterocycles. The molecule has 0 saturated carbocycles. The van der Waals surface area contributed by atoms with Gasteiger partial charge in [0.25, 0.3) is 0 Å². The van der Waals surface area contributed by atoms with Crippen molar-refractivity contribution in [2.24, 2.45) is 17.4 Å². The van der Waals surface area contributed by atoms with Crippen LogP contribution in [-0.4, -0.2) is 175 Å². The SMILES string of the molecule is CC[C@H](C)[C@H](NC(=O)[C@H](CCC(=O)O)NC(=O)[C@H](CO)NC(=O)[C@@H](N)CO)C(=O)N[C@H](C(=O)N[C@H](C(=O)N[C@@H](CCCCN)C(=O)N[C@@H](CC(=O)O)C(=O)O)[C@@H](C)O)[C@@H](C)O. The Balaban J connectivity index is 6.36. The molecule has 0 radical (unpaired) electrons. The molecule has 0 aromatic carbocycles. The van der Waals surface area contributed by atoms with E-state index in [0.717, 1.165) is 13.8 Å². The van der Waals surface area contributed by atoms with Crippen molar-refractivity contribution in [3.63, 3.8) is 0 Å². The molecule has 18 N–H and O–H groups in total. The van der Waals surface area contributed by atoms with Crippen molar-refractivity contribution in [2.75, 3.05) is 19.8 Å².